The lowest BCUT2D eigenvalue weighted by molar-refractivity contribution is 0.207. The first kappa shape index (κ1) is 16.9. The predicted molar refractivity (Wildman–Crippen MR) is 78.1 cm³/mol. The molecule has 0 aliphatic rings. The highest BCUT2D eigenvalue weighted by Crippen LogP contribution is 2.14. The average Bonchev–Trinajstić information content (AvgIpc) is 2.90. The van der Waals surface area contributed by atoms with Crippen molar-refractivity contribution in [3.63, 3.8) is 0 Å². The van der Waals surface area contributed by atoms with Crippen molar-refractivity contribution >= 4 is 6.03 Å². The molecule has 23 heavy (non-hydrogen) atoms. The summed E-state index contributed by atoms with van der Waals surface area (Å²) in [5.41, 5.74) is 1.16. The first-order chi connectivity index (χ1) is 10.9. The molecule has 0 fully saturated rings. The minimum absolute atomic E-state index is 0.0349. The van der Waals surface area contributed by atoms with Crippen LogP contribution in [0.3, 0.4) is 0 Å². The van der Waals surface area contributed by atoms with Crippen LogP contribution in [0.25, 0.3) is 0 Å². The molecule has 2 rings (SSSR count). The van der Waals surface area contributed by atoms with Gasteiger partial charge in [0.25, 0.3) is 0 Å². The van der Waals surface area contributed by atoms with Crippen LogP contribution < -0.4 is 5.32 Å². The Kier molecular flexibility index (Phi) is 5.25. The zero-order chi connectivity index (χ0) is 17.0. The lowest BCUT2D eigenvalue weighted by Gasteiger charge is -2.18. The fraction of sp³-hybridized carbons (Fsp3) is 0.333. The molecule has 0 radical (unpaired) electrons. The molecule has 0 aliphatic heterocycles. The molecule has 1 aromatic heterocycles. The van der Waals surface area contributed by atoms with Gasteiger partial charge in [0.15, 0.2) is 17.5 Å². The van der Waals surface area contributed by atoms with Crippen molar-refractivity contribution in [1.29, 1.82) is 0 Å². The number of benzene rings is 1. The Hall–Kier alpha value is -2.51. The van der Waals surface area contributed by atoms with Crippen molar-refractivity contribution in [2.24, 2.45) is 7.05 Å². The molecule has 8 heteroatoms. The van der Waals surface area contributed by atoms with Crippen LogP contribution in [0.2, 0.25) is 0 Å². The van der Waals surface area contributed by atoms with Gasteiger partial charge in [-0.2, -0.15) is 5.10 Å². The van der Waals surface area contributed by atoms with E-state index in [2.05, 4.69) is 10.4 Å². The summed E-state index contributed by atoms with van der Waals surface area (Å²) < 4.78 is 40.8. The van der Waals surface area contributed by atoms with E-state index in [1.165, 1.54) is 11.9 Å². The SMILES string of the molecule is CN(Cc1cc(F)c(F)c(F)c1)C(=O)NCCc1cnn(C)c1. The molecule has 124 valence electrons. The number of hydrogen-bond donors (Lipinski definition) is 1. The van der Waals surface area contributed by atoms with E-state index in [0.717, 1.165) is 17.7 Å². The summed E-state index contributed by atoms with van der Waals surface area (Å²) in [5.74, 6) is -4.06. The maximum atomic E-state index is 13.1. The number of amides is 2. The van der Waals surface area contributed by atoms with Crippen LogP contribution in [0, 0.1) is 17.5 Å². The molecule has 0 atom stereocenters. The number of nitrogens with zero attached hydrogens (tertiary/aromatic N) is 3. The third kappa shape index (κ3) is 4.48. The zero-order valence-electron chi connectivity index (χ0n) is 12.8. The molecule has 1 N–H and O–H groups in total. The summed E-state index contributed by atoms with van der Waals surface area (Å²) in [7, 11) is 3.29. The maximum Gasteiger partial charge on any atom is 0.317 e. The van der Waals surface area contributed by atoms with Gasteiger partial charge in [-0.15, -0.1) is 0 Å². The Morgan fingerprint density at radius 2 is 1.91 bits per heavy atom. The molecule has 0 bridgehead atoms. The van der Waals surface area contributed by atoms with Gasteiger partial charge in [-0.3, -0.25) is 4.68 Å². The molecule has 0 spiro atoms. The van der Waals surface area contributed by atoms with Crippen molar-refractivity contribution in [2.45, 2.75) is 13.0 Å². The fourth-order valence-electron chi connectivity index (χ4n) is 2.09. The Morgan fingerprint density at radius 1 is 1.26 bits per heavy atom. The van der Waals surface area contributed by atoms with E-state index in [0.29, 0.717) is 13.0 Å². The van der Waals surface area contributed by atoms with E-state index in [1.807, 2.05) is 6.20 Å². The number of nitrogens with one attached hydrogen (secondary N) is 1. The van der Waals surface area contributed by atoms with Gasteiger partial charge in [0.05, 0.1) is 6.20 Å². The second-order valence-corrected chi connectivity index (χ2v) is 5.23. The van der Waals surface area contributed by atoms with Gasteiger partial charge in [0, 0.05) is 33.4 Å². The van der Waals surface area contributed by atoms with E-state index in [-0.39, 0.29) is 18.1 Å². The molecule has 0 aliphatic carbocycles. The van der Waals surface area contributed by atoms with Crippen LogP contribution >= 0.6 is 0 Å². The van der Waals surface area contributed by atoms with Crippen LogP contribution in [0.1, 0.15) is 11.1 Å². The lowest BCUT2D eigenvalue weighted by Crippen LogP contribution is -2.37. The molecule has 0 saturated carbocycles. The van der Waals surface area contributed by atoms with Gasteiger partial charge >= 0.3 is 6.03 Å². The summed E-state index contributed by atoms with van der Waals surface area (Å²) in [6.07, 6.45) is 4.17. The van der Waals surface area contributed by atoms with E-state index in [9.17, 15) is 18.0 Å². The minimum atomic E-state index is -1.52. The molecular weight excluding hydrogens is 309 g/mol. The lowest BCUT2D eigenvalue weighted by atomic mass is 10.2. The number of urea groups is 1. The molecule has 2 amide bonds. The number of aryl methyl sites for hydroxylation is 1. The van der Waals surface area contributed by atoms with Gasteiger partial charge in [0.1, 0.15) is 0 Å². The molecule has 2 aromatic rings. The second-order valence-electron chi connectivity index (χ2n) is 5.23. The molecule has 5 nitrogen and oxygen atoms in total. The average molecular weight is 326 g/mol. The normalized spacial score (nSPS) is 10.7. The number of carbonyl (C=O) groups is 1. The van der Waals surface area contributed by atoms with Gasteiger partial charge < -0.3 is 10.2 Å². The van der Waals surface area contributed by atoms with Crippen LogP contribution in [0.5, 0.6) is 0 Å². The smallest absolute Gasteiger partial charge is 0.317 e. The zero-order valence-corrected chi connectivity index (χ0v) is 12.8. The number of carbonyl (C=O) groups excluding carboxylic acids is 1. The number of aromatic nitrogens is 2. The Bertz CT molecular complexity index is 679. The first-order valence-corrected chi connectivity index (χ1v) is 6.96. The quantitative estimate of drug-likeness (QED) is 0.857. The Morgan fingerprint density at radius 3 is 2.48 bits per heavy atom. The highest BCUT2D eigenvalue weighted by Gasteiger charge is 2.14. The third-order valence-corrected chi connectivity index (χ3v) is 3.26. The summed E-state index contributed by atoms with van der Waals surface area (Å²) in [6, 6.07) is 1.36. The topological polar surface area (TPSA) is 50.2 Å². The minimum Gasteiger partial charge on any atom is -0.338 e. The highest BCUT2D eigenvalue weighted by molar-refractivity contribution is 5.73. The summed E-state index contributed by atoms with van der Waals surface area (Å²) in [4.78, 5) is 13.2. The molecule has 1 heterocycles. The van der Waals surface area contributed by atoms with E-state index in [4.69, 9.17) is 0 Å². The summed E-state index contributed by atoms with van der Waals surface area (Å²) >= 11 is 0. The van der Waals surface area contributed by atoms with Gasteiger partial charge in [-0.25, -0.2) is 18.0 Å². The monoisotopic (exact) mass is 326 g/mol. The Labute approximate surface area is 131 Å². The molecule has 1 aromatic carbocycles. The van der Waals surface area contributed by atoms with Gasteiger partial charge in [-0.05, 0) is 29.7 Å². The number of halogens is 3. The summed E-state index contributed by atoms with van der Waals surface area (Å²) in [5, 5.41) is 6.71. The maximum absolute atomic E-state index is 13.1. The van der Waals surface area contributed by atoms with Gasteiger partial charge in [-0.1, -0.05) is 0 Å². The standard InChI is InChI=1S/C15H17F3N4O/c1-21(8-11-5-12(16)14(18)13(17)6-11)15(23)19-4-3-10-7-20-22(2)9-10/h5-7,9H,3-4,8H2,1-2H3,(H,19,23). The van der Waals surface area contributed by atoms with Crippen LogP contribution in [-0.2, 0) is 20.0 Å². The highest BCUT2D eigenvalue weighted by atomic mass is 19.2. The molecule has 0 unspecified atom stereocenters. The van der Waals surface area contributed by atoms with Crippen molar-refractivity contribution < 1.29 is 18.0 Å². The van der Waals surface area contributed by atoms with E-state index < -0.39 is 17.5 Å². The largest absolute Gasteiger partial charge is 0.338 e. The number of rotatable bonds is 5. The summed E-state index contributed by atoms with van der Waals surface area (Å²) in [6.45, 7) is 0.369. The van der Waals surface area contributed by atoms with Crippen molar-refractivity contribution in [1.82, 2.24) is 20.0 Å². The van der Waals surface area contributed by atoms with E-state index >= 15 is 0 Å². The molecular formula is C15H17F3N4O. The number of hydrogen-bond acceptors (Lipinski definition) is 2. The second kappa shape index (κ2) is 7.17. The Balaban J connectivity index is 1.85. The molecule has 0 saturated heterocycles. The van der Waals surface area contributed by atoms with Crippen LogP contribution in [-0.4, -0.2) is 34.3 Å². The van der Waals surface area contributed by atoms with Crippen molar-refractivity contribution in [2.75, 3.05) is 13.6 Å². The van der Waals surface area contributed by atoms with E-state index in [1.54, 1.807) is 17.9 Å². The fourth-order valence-corrected chi connectivity index (χ4v) is 2.09. The first-order valence-electron chi connectivity index (χ1n) is 6.96. The third-order valence-electron chi connectivity index (χ3n) is 3.26. The predicted octanol–water partition coefficient (Wildman–Crippen LogP) is 2.22. The van der Waals surface area contributed by atoms with Crippen LogP contribution in [0.15, 0.2) is 24.5 Å². The van der Waals surface area contributed by atoms with Crippen LogP contribution in [0.4, 0.5) is 18.0 Å². The van der Waals surface area contributed by atoms with Crippen molar-refractivity contribution in [3.8, 4) is 0 Å². The van der Waals surface area contributed by atoms with Gasteiger partial charge in [0.2, 0.25) is 0 Å². The van der Waals surface area contributed by atoms with Crippen molar-refractivity contribution in [3.05, 3.63) is 53.1 Å².